The van der Waals surface area contributed by atoms with E-state index in [1.165, 1.54) is 13.3 Å². The SMILES string of the molecule is COCCCNC(=O)c1cncc(Nc2cccc(C(=O)OC)c2)c1. The van der Waals surface area contributed by atoms with Gasteiger partial charge in [-0.05, 0) is 30.7 Å². The van der Waals surface area contributed by atoms with Crippen LogP contribution in [-0.4, -0.2) is 44.2 Å². The Labute approximate surface area is 146 Å². The van der Waals surface area contributed by atoms with Gasteiger partial charge in [0.2, 0.25) is 0 Å². The van der Waals surface area contributed by atoms with Crippen molar-refractivity contribution in [1.29, 1.82) is 0 Å². The van der Waals surface area contributed by atoms with Gasteiger partial charge in [-0.25, -0.2) is 4.79 Å². The first kappa shape index (κ1) is 18.4. The largest absolute Gasteiger partial charge is 0.465 e. The highest BCUT2D eigenvalue weighted by Crippen LogP contribution is 2.18. The molecule has 0 aliphatic heterocycles. The van der Waals surface area contributed by atoms with Gasteiger partial charge in [0.05, 0.1) is 30.1 Å². The number of ether oxygens (including phenoxy) is 2. The zero-order valence-electron chi connectivity index (χ0n) is 14.2. The minimum atomic E-state index is -0.411. The highest BCUT2D eigenvalue weighted by atomic mass is 16.5. The fourth-order valence-electron chi connectivity index (χ4n) is 2.16. The number of nitrogens with one attached hydrogen (secondary N) is 2. The topological polar surface area (TPSA) is 89.5 Å². The van der Waals surface area contributed by atoms with E-state index in [2.05, 4.69) is 15.6 Å². The van der Waals surface area contributed by atoms with Crippen LogP contribution in [-0.2, 0) is 9.47 Å². The average Bonchev–Trinajstić information content (AvgIpc) is 2.65. The number of amides is 1. The number of hydrogen-bond acceptors (Lipinski definition) is 6. The quantitative estimate of drug-likeness (QED) is 0.565. The molecule has 132 valence electrons. The molecule has 0 saturated heterocycles. The lowest BCUT2D eigenvalue weighted by molar-refractivity contribution is 0.0600. The zero-order valence-corrected chi connectivity index (χ0v) is 14.2. The number of anilines is 2. The third-order valence-corrected chi connectivity index (χ3v) is 3.38. The van der Waals surface area contributed by atoms with E-state index in [0.29, 0.717) is 35.7 Å². The van der Waals surface area contributed by atoms with Crippen molar-refractivity contribution in [1.82, 2.24) is 10.3 Å². The maximum absolute atomic E-state index is 12.1. The van der Waals surface area contributed by atoms with Crippen LogP contribution >= 0.6 is 0 Å². The molecule has 1 aromatic heterocycles. The van der Waals surface area contributed by atoms with Gasteiger partial charge < -0.3 is 20.1 Å². The minimum Gasteiger partial charge on any atom is -0.465 e. The molecular formula is C18H21N3O4. The molecule has 2 aromatic rings. The molecule has 0 aliphatic rings. The van der Waals surface area contributed by atoms with Crippen LogP contribution in [0.5, 0.6) is 0 Å². The lowest BCUT2D eigenvalue weighted by Gasteiger charge is -2.09. The number of hydrogen-bond donors (Lipinski definition) is 2. The number of pyridine rings is 1. The molecule has 1 amide bonds. The molecule has 2 rings (SSSR count). The van der Waals surface area contributed by atoms with Crippen molar-refractivity contribution in [3.05, 3.63) is 53.9 Å². The summed E-state index contributed by atoms with van der Waals surface area (Å²) in [6, 6.07) is 8.59. The van der Waals surface area contributed by atoms with Gasteiger partial charge >= 0.3 is 5.97 Å². The summed E-state index contributed by atoms with van der Waals surface area (Å²) in [6.07, 6.45) is 3.85. The van der Waals surface area contributed by atoms with Crippen LogP contribution in [0.3, 0.4) is 0 Å². The van der Waals surface area contributed by atoms with Crippen LogP contribution in [0.1, 0.15) is 27.1 Å². The molecular weight excluding hydrogens is 322 g/mol. The van der Waals surface area contributed by atoms with E-state index in [-0.39, 0.29) is 5.91 Å². The molecule has 0 radical (unpaired) electrons. The Bertz CT molecular complexity index is 734. The number of aromatic nitrogens is 1. The van der Waals surface area contributed by atoms with E-state index in [1.54, 1.807) is 37.6 Å². The number of carbonyl (C=O) groups is 2. The molecule has 0 bridgehead atoms. The second kappa shape index (κ2) is 9.39. The monoisotopic (exact) mass is 343 g/mol. The molecule has 25 heavy (non-hydrogen) atoms. The molecule has 0 unspecified atom stereocenters. The van der Waals surface area contributed by atoms with Gasteiger partial charge in [-0.2, -0.15) is 0 Å². The van der Waals surface area contributed by atoms with Crippen molar-refractivity contribution in [3.63, 3.8) is 0 Å². The summed E-state index contributed by atoms with van der Waals surface area (Å²) in [5.41, 5.74) is 2.23. The Hall–Kier alpha value is -2.93. The third kappa shape index (κ3) is 5.58. The van der Waals surface area contributed by atoms with Crippen molar-refractivity contribution in [2.75, 3.05) is 32.7 Å². The molecule has 0 fully saturated rings. The number of methoxy groups -OCH3 is 2. The van der Waals surface area contributed by atoms with Crippen LogP contribution in [0.2, 0.25) is 0 Å². The summed E-state index contributed by atoms with van der Waals surface area (Å²) in [5, 5.41) is 5.93. The molecule has 2 N–H and O–H groups in total. The van der Waals surface area contributed by atoms with E-state index in [1.807, 2.05) is 6.07 Å². The molecule has 7 nitrogen and oxygen atoms in total. The highest BCUT2D eigenvalue weighted by Gasteiger charge is 2.08. The zero-order chi connectivity index (χ0) is 18.1. The molecule has 0 aliphatic carbocycles. The minimum absolute atomic E-state index is 0.199. The molecule has 1 aromatic carbocycles. The van der Waals surface area contributed by atoms with Crippen LogP contribution in [0.15, 0.2) is 42.7 Å². The predicted molar refractivity (Wildman–Crippen MR) is 94.1 cm³/mol. The fourth-order valence-corrected chi connectivity index (χ4v) is 2.16. The molecule has 7 heteroatoms. The first-order chi connectivity index (χ1) is 12.1. The van der Waals surface area contributed by atoms with E-state index in [9.17, 15) is 9.59 Å². The summed E-state index contributed by atoms with van der Waals surface area (Å²) in [6.45, 7) is 1.13. The Kier molecular flexibility index (Phi) is 6.91. The Balaban J connectivity index is 2.04. The Morgan fingerprint density at radius 2 is 1.88 bits per heavy atom. The van der Waals surface area contributed by atoms with Crippen LogP contribution in [0.25, 0.3) is 0 Å². The number of benzene rings is 1. The van der Waals surface area contributed by atoms with Crippen molar-refractivity contribution >= 4 is 23.3 Å². The lowest BCUT2D eigenvalue weighted by atomic mass is 10.2. The second-order valence-electron chi connectivity index (χ2n) is 5.26. The number of carbonyl (C=O) groups excluding carboxylic acids is 2. The van der Waals surface area contributed by atoms with Gasteiger partial charge in [-0.1, -0.05) is 6.07 Å². The Morgan fingerprint density at radius 3 is 2.64 bits per heavy atom. The van der Waals surface area contributed by atoms with Crippen molar-refractivity contribution < 1.29 is 19.1 Å². The first-order valence-corrected chi connectivity index (χ1v) is 7.81. The van der Waals surface area contributed by atoms with Crippen LogP contribution in [0, 0.1) is 0 Å². The van der Waals surface area contributed by atoms with E-state index < -0.39 is 5.97 Å². The van der Waals surface area contributed by atoms with E-state index >= 15 is 0 Å². The smallest absolute Gasteiger partial charge is 0.337 e. The summed E-state index contributed by atoms with van der Waals surface area (Å²) in [4.78, 5) is 27.8. The predicted octanol–water partition coefficient (Wildman–Crippen LogP) is 2.38. The fraction of sp³-hybridized carbons (Fsp3) is 0.278. The number of esters is 1. The van der Waals surface area contributed by atoms with E-state index in [0.717, 1.165) is 6.42 Å². The number of nitrogens with zero attached hydrogens (tertiary/aromatic N) is 1. The van der Waals surface area contributed by atoms with Crippen LogP contribution in [0.4, 0.5) is 11.4 Å². The summed E-state index contributed by atoms with van der Waals surface area (Å²) in [7, 11) is 2.96. The van der Waals surface area contributed by atoms with Gasteiger partial charge in [-0.15, -0.1) is 0 Å². The number of rotatable bonds is 8. The lowest BCUT2D eigenvalue weighted by Crippen LogP contribution is -2.25. The van der Waals surface area contributed by atoms with Gasteiger partial charge in [0.1, 0.15) is 0 Å². The van der Waals surface area contributed by atoms with Crippen molar-refractivity contribution in [2.24, 2.45) is 0 Å². The second-order valence-corrected chi connectivity index (χ2v) is 5.26. The summed E-state index contributed by atoms with van der Waals surface area (Å²) < 4.78 is 9.65. The third-order valence-electron chi connectivity index (χ3n) is 3.38. The van der Waals surface area contributed by atoms with E-state index in [4.69, 9.17) is 9.47 Å². The van der Waals surface area contributed by atoms with Gasteiger partial charge in [-0.3, -0.25) is 9.78 Å². The summed E-state index contributed by atoms with van der Waals surface area (Å²) in [5.74, 6) is -0.610. The molecule has 0 saturated carbocycles. The molecule has 0 spiro atoms. The molecule has 1 heterocycles. The maximum Gasteiger partial charge on any atom is 0.337 e. The normalized spacial score (nSPS) is 10.2. The maximum atomic E-state index is 12.1. The average molecular weight is 343 g/mol. The first-order valence-electron chi connectivity index (χ1n) is 7.81. The van der Waals surface area contributed by atoms with Crippen molar-refractivity contribution in [2.45, 2.75) is 6.42 Å². The van der Waals surface area contributed by atoms with Gasteiger partial charge in [0, 0.05) is 32.1 Å². The van der Waals surface area contributed by atoms with Crippen LogP contribution < -0.4 is 10.6 Å². The highest BCUT2D eigenvalue weighted by molar-refractivity contribution is 5.95. The van der Waals surface area contributed by atoms with Gasteiger partial charge in [0.25, 0.3) is 5.91 Å². The standard InChI is InChI=1S/C18H21N3O4/c1-24-8-4-7-20-17(22)14-10-16(12-19-11-14)21-15-6-3-5-13(9-15)18(23)25-2/h3,5-6,9-12,21H,4,7-8H2,1-2H3,(H,20,22). The molecule has 0 atom stereocenters. The Morgan fingerprint density at radius 1 is 1.08 bits per heavy atom. The van der Waals surface area contributed by atoms with Gasteiger partial charge in [0.15, 0.2) is 0 Å². The summed E-state index contributed by atoms with van der Waals surface area (Å²) >= 11 is 0. The van der Waals surface area contributed by atoms with Crippen molar-refractivity contribution in [3.8, 4) is 0 Å².